The number of aryl methyl sites for hydroxylation is 1. The first kappa shape index (κ1) is 13.4. The van der Waals surface area contributed by atoms with Gasteiger partial charge in [0.1, 0.15) is 0 Å². The summed E-state index contributed by atoms with van der Waals surface area (Å²) in [5.41, 5.74) is 3.71. The van der Waals surface area contributed by atoms with Crippen LogP contribution < -0.4 is 0 Å². The lowest BCUT2D eigenvalue weighted by molar-refractivity contribution is 0.0698. The molecule has 0 aliphatic heterocycles. The fraction of sp³-hybridized carbons (Fsp3) is 0.0625. The standard InChI is InChI=1S/C16H11BrO2/c1-11-4-2-3-5-13(11)15-10-12(8-9-17)6-7-14(15)16(18)19/h2-7,10H,1H3,(H,18,19). The molecule has 0 spiro atoms. The summed E-state index contributed by atoms with van der Waals surface area (Å²) >= 11 is 3.05. The number of hydrogen-bond acceptors (Lipinski definition) is 1. The van der Waals surface area contributed by atoms with Crippen LogP contribution in [0.3, 0.4) is 0 Å². The molecule has 2 aromatic carbocycles. The molecule has 94 valence electrons. The number of aromatic carboxylic acids is 1. The summed E-state index contributed by atoms with van der Waals surface area (Å²) in [5.74, 6) is 1.94. The molecule has 0 heterocycles. The third-order valence-electron chi connectivity index (χ3n) is 2.88. The number of hydrogen-bond donors (Lipinski definition) is 1. The lowest BCUT2D eigenvalue weighted by Gasteiger charge is -2.10. The second-order valence-corrected chi connectivity index (χ2v) is 4.50. The van der Waals surface area contributed by atoms with Crippen molar-refractivity contribution in [2.24, 2.45) is 0 Å². The zero-order valence-electron chi connectivity index (χ0n) is 10.3. The van der Waals surface area contributed by atoms with Crippen molar-refractivity contribution in [2.75, 3.05) is 0 Å². The van der Waals surface area contributed by atoms with E-state index in [0.717, 1.165) is 16.7 Å². The Bertz CT molecular complexity index is 693. The van der Waals surface area contributed by atoms with Crippen LogP contribution in [-0.4, -0.2) is 11.1 Å². The molecule has 2 nitrogen and oxygen atoms in total. The molecule has 0 radical (unpaired) electrons. The molecule has 0 aliphatic rings. The van der Waals surface area contributed by atoms with Gasteiger partial charge in [-0.25, -0.2) is 4.79 Å². The minimum Gasteiger partial charge on any atom is -0.478 e. The molecule has 0 fully saturated rings. The van der Waals surface area contributed by atoms with Gasteiger partial charge in [0.15, 0.2) is 0 Å². The maximum Gasteiger partial charge on any atom is 0.336 e. The van der Waals surface area contributed by atoms with E-state index < -0.39 is 5.97 Å². The van der Waals surface area contributed by atoms with Crippen LogP contribution >= 0.6 is 15.9 Å². The highest BCUT2D eigenvalue weighted by molar-refractivity contribution is 9.12. The Morgan fingerprint density at radius 3 is 2.53 bits per heavy atom. The topological polar surface area (TPSA) is 37.3 Å². The summed E-state index contributed by atoms with van der Waals surface area (Å²) in [4.78, 5) is 14.0. The Kier molecular flexibility index (Phi) is 4.03. The molecule has 0 aromatic heterocycles. The van der Waals surface area contributed by atoms with Crippen LogP contribution in [-0.2, 0) is 0 Å². The average Bonchev–Trinajstić information content (AvgIpc) is 2.39. The molecule has 0 saturated heterocycles. The average molecular weight is 315 g/mol. The van der Waals surface area contributed by atoms with Crippen LogP contribution in [0.1, 0.15) is 21.5 Å². The van der Waals surface area contributed by atoms with Gasteiger partial charge < -0.3 is 5.11 Å². The van der Waals surface area contributed by atoms with Gasteiger partial charge in [-0.05, 0) is 46.6 Å². The molecule has 0 saturated carbocycles. The fourth-order valence-corrected chi connectivity index (χ4v) is 2.19. The van der Waals surface area contributed by atoms with Crippen molar-refractivity contribution in [3.05, 3.63) is 59.2 Å². The Hall–Kier alpha value is -2.05. The van der Waals surface area contributed by atoms with Gasteiger partial charge >= 0.3 is 5.97 Å². The predicted octanol–water partition coefficient (Wildman–Crippen LogP) is 4.06. The highest BCUT2D eigenvalue weighted by Crippen LogP contribution is 2.28. The van der Waals surface area contributed by atoms with Crippen LogP contribution in [0.5, 0.6) is 0 Å². The van der Waals surface area contributed by atoms with Gasteiger partial charge in [0.2, 0.25) is 0 Å². The quantitative estimate of drug-likeness (QED) is 0.849. The summed E-state index contributed by atoms with van der Waals surface area (Å²) in [6.07, 6.45) is 0. The number of carboxylic acid groups (broad SMARTS) is 1. The van der Waals surface area contributed by atoms with Crippen LogP contribution in [0, 0.1) is 17.7 Å². The summed E-state index contributed by atoms with van der Waals surface area (Å²) in [6, 6.07) is 12.8. The van der Waals surface area contributed by atoms with Crippen molar-refractivity contribution < 1.29 is 9.90 Å². The minimum absolute atomic E-state index is 0.287. The van der Waals surface area contributed by atoms with E-state index in [1.807, 2.05) is 31.2 Å². The summed E-state index contributed by atoms with van der Waals surface area (Å²) in [5, 5.41) is 9.29. The van der Waals surface area contributed by atoms with Gasteiger partial charge in [-0.1, -0.05) is 30.2 Å². The van der Waals surface area contributed by atoms with E-state index in [9.17, 15) is 9.90 Å². The Balaban J connectivity index is 2.70. The second-order valence-electron chi connectivity index (χ2n) is 4.10. The summed E-state index contributed by atoms with van der Waals surface area (Å²) in [6.45, 7) is 1.96. The SMILES string of the molecule is Cc1ccccc1-c1cc(C#CBr)ccc1C(=O)O. The highest BCUT2D eigenvalue weighted by Gasteiger charge is 2.13. The van der Waals surface area contributed by atoms with Gasteiger partial charge in [0.05, 0.1) is 5.56 Å². The molecular formula is C16H11BrO2. The fourth-order valence-electron chi connectivity index (χ4n) is 1.96. The normalized spacial score (nSPS) is 9.58. The predicted molar refractivity (Wildman–Crippen MR) is 79.4 cm³/mol. The van der Waals surface area contributed by atoms with Gasteiger partial charge in [-0.3, -0.25) is 0 Å². The molecule has 0 amide bonds. The maximum absolute atomic E-state index is 11.3. The van der Waals surface area contributed by atoms with E-state index in [1.165, 1.54) is 0 Å². The molecule has 1 N–H and O–H groups in total. The molecule has 2 aromatic rings. The third kappa shape index (κ3) is 2.86. The van der Waals surface area contributed by atoms with Crippen LogP contribution in [0.2, 0.25) is 0 Å². The lowest BCUT2D eigenvalue weighted by atomic mass is 9.94. The molecule has 0 aliphatic carbocycles. The zero-order chi connectivity index (χ0) is 13.8. The van der Waals surface area contributed by atoms with Crippen LogP contribution in [0.15, 0.2) is 42.5 Å². The largest absolute Gasteiger partial charge is 0.478 e. The van der Waals surface area contributed by atoms with Crippen molar-refractivity contribution in [1.29, 1.82) is 0 Å². The molecular weight excluding hydrogens is 304 g/mol. The minimum atomic E-state index is -0.934. The van der Waals surface area contributed by atoms with Gasteiger partial charge in [0.25, 0.3) is 0 Å². The van der Waals surface area contributed by atoms with E-state index in [-0.39, 0.29) is 5.56 Å². The van der Waals surface area contributed by atoms with Gasteiger partial charge in [0, 0.05) is 21.5 Å². The molecule has 0 bridgehead atoms. The van der Waals surface area contributed by atoms with E-state index in [1.54, 1.807) is 18.2 Å². The van der Waals surface area contributed by atoms with E-state index >= 15 is 0 Å². The third-order valence-corrected chi connectivity index (χ3v) is 3.08. The maximum atomic E-state index is 11.3. The smallest absolute Gasteiger partial charge is 0.336 e. The molecule has 2 rings (SSSR count). The van der Waals surface area contributed by atoms with Crippen molar-refractivity contribution in [3.8, 4) is 21.9 Å². The lowest BCUT2D eigenvalue weighted by Crippen LogP contribution is -2.00. The first-order chi connectivity index (χ1) is 9.13. The summed E-state index contributed by atoms with van der Waals surface area (Å²) < 4.78 is 0. The van der Waals surface area contributed by atoms with Crippen molar-refractivity contribution in [2.45, 2.75) is 6.92 Å². The van der Waals surface area contributed by atoms with Crippen molar-refractivity contribution >= 4 is 21.9 Å². The monoisotopic (exact) mass is 314 g/mol. The number of carboxylic acids is 1. The second kappa shape index (κ2) is 5.73. The first-order valence-electron chi connectivity index (χ1n) is 5.68. The molecule has 0 unspecified atom stereocenters. The molecule has 19 heavy (non-hydrogen) atoms. The van der Waals surface area contributed by atoms with Crippen molar-refractivity contribution in [1.82, 2.24) is 0 Å². The van der Waals surface area contributed by atoms with E-state index in [4.69, 9.17) is 0 Å². The van der Waals surface area contributed by atoms with Crippen molar-refractivity contribution in [3.63, 3.8) is 0 Å². The van der Waals surface area contributed by atoms with Crippen LogP contribution in [0.4, 0.5) is 0 Å². The Morgan fingerprint density at radius 2 is 1.89 bits per heavy atom. The van der Waals surface area contributed by atoms with Crippen LogP contribution in [0.25, 0.3) is 11.1 Å². The van der Waals surface area contributed by atoms with E-state index in [0.29, 0.717) is 5.56 Å². The number of rotatable bonds is 2. The molecule has 0 atom stereocenters. The highest BCUT2D eigenvalue weighted by atomic mass is 79.9. The number of carbonyl (C=O) groups is 1. The number of halogens is 1. The summed E-state index contributed by atoms with van der Waals surface area (Å²) in [7, 11) is 0. The molecule has 3 heteroatoms. The zero-order valence-corrected chi connectivity index (χ0v) is 11.9. The number of benzene rings is 2. The first-order valence-corrected chi connectivity index (χ1v) is 6.48. The Morgan fingerprint density at radius 1 is 1.16 bits per heavy atom. The van der Waals surface area contributed by atoms with Gasteiger partial charge in [-0.2, -0.15) is 0 Å². The Labute approximate surface area is 120 Å². The van der Waals surface area contributed by atoms with E-state index in [2.05, 4.69) is 26.7 Å². The van der Waals surface area contributed by atoms with Gasteiger partial charge in [-0.15, -0.1) is 0 Å².